The predicted octanol–water partition coefficient (Wildman–Crippen LogP) is 0.614. The maximum absolute atomic E-state index is 12.4. The topological polar surface area (TPSA) is 109 Å². The van der Waals surface area contributed by atoms with E-state index >= 15 is 0 Å². The molecule has 0 spiro atoms. The molecule has 1 amide bonds. The van der Waals surface area contributed by atoms with Crippen LogP contribution in [0.25, 0.3) is 0 Å². The van der Waals surface area contributed by atoms with E-state index in [0.717, 1.165) is 20.4 Å². The predicted molar refractivity (Wildman–Crippen MR) is 102 cm³/mol. The molecule has 0 unspecified atom stereocenters. The first-order valence-corrected chi connectivity index (χ1v) is 8.79. The molecule has 3 aromatic rings. The number of hydrogen-bond acceptors (Lipinski definition) is 5. The molecule has 0 aliphatic heterocycles. The molecule has 0 aromatic carbocycles. The third-order valence-corrected chi connectivity index (χ3v) is 5.36. The van der Waals surface area contributed by atoms with Gasteiger partial charge in [-0.3, -0.25) is 23.4 Å². The molecule has 142 valence electrons. The summed E-state index contributed by atoms with van der Waals surface area (Å²) in [6.45, 7) is 4.16. The number of carbonyl (C=O) groups is 1. The molecule has 0 fully saturated rings. The Morgan fingerprint density at radius 2 is 1.89 bits per heavy atom. The first-order valence-electron chi connectivity index (χ1n) is 8.00. The van der Waals surface area contributed by atoms with Gasteiger partial charge in [-0.1, -0.05) is 0 Å². The molecule has 10 nitrogen and oxygen atoms in total. The normalized spacial score (nSPS) is 11.0. The van der Waals surface area contributed by atoms with E-state index in [0.29, 0.717) is 6.67 Å². The fourth-order valence-electron chi connectivity index (χ4n) is 2.54. The van der Waals surface area contributed by atoms with Crippen LogP contribution >= 0.6 is 15.9 Å². The fourth-order valence-corrected chi connectivity index (χ4v) is 2.83. The standard InChI is InChI=1S/C16H18BrN7O3/c1-9-14(17)10(2)24(19-9)8-23-6-5-11(20-23)15(26)18-12-7-13(25)22(4)16(27)21(12)3/h5-7H,8H2,1-4H3,(H,18,26). The minimum absolute atomic E-state index is 0.102. The van der Waals surface area contributed by atoms with E-state index in [2.05, 4.69) is 31.4 Å². The van der Waals surface area contributed by atoms with Gasteiger partial charge in [-0.05, 0) is 35.8 Å². The van der Waals surface area contributed by atoms with Gasteiger partial charge >= 0.3 is 5.69 Å². The van der Waals surface area contributed by atoms with Gasteiger partial charge in [-0.2, -0.15) is 10.2 Å². The number of hydrogen-bond donors (Lipinski definition) is 1. The maximum Gasteiger partial charge on any atom is 0.332 e. The first-order chi connectivity index (χ1) is 12.7. The van der Waals surface area contributed by atoms with Crippen molar-refractivity contribution in [2.45, 2.75) is 20.5 Å². The first kappa shape index (κ1) is 18.8. The number of carbonyl (C=O) groups excluding carboxylic acids is 1. The minimum Gasteiger partial charge on any atom is -0.306 e. The van der Waals surface area contributed by atoms with Crippen molar-refractivity contribution in [3.05, 3.63) is 60.7 Å². The zero-order valence-electron chi connectivity index (χ0n) is 15.2. The molecule has 0 saturated heterocycles. The van der Waals surface area contributed by atoms with Gasteiger partial charge in [-0.25, -0.2) is 9.48 Å². The third-order valence-electron chi connectivity index (χ3n) is 4.21. The summed E-state index contributed by atoms with van der Waals surface area (Å²) in [6, 6.07) is 2.74. The van der Waals surface area contributed by atoms with Gasteiger partial charge in [0.1, 0.15) is 12.5 Å². The van der Waals surface area contributed by atoms with Crippen LogP contribution in [-0.4, -0.2) is 34.6 Å². The lowest BCUT2D eigenvalue weighted by molar-refractivity contribution is 0.102. The van der Waals surface area contributed by atoms with E-state index in [9.17, 15) is 14.4 Å². The Balaban J connectivity index is 1.81. The van der Waals surface area contributed by atoms with E-state index in [4.69, 9.17) is 0 Å². The molecule has 11 heteroatoms. The molecule has 3 heterocycles. The number of aryl methyl sites for hydroxylation is 1. The Bertz CT molecular complexity index is 1150. The van der Waals surface area contributed by atoms with Crippen molar-refractivity contribution in [1.82, 2.24) is 28.7 Å². The highest BCUT2D eigenvalue weighted by atomic mass is 79.9. The Morgan fingerprint density at radius 3 is 2.52 bits per heavy atom. The van der Waals surface area contributed by atoms with Crippen molar-refractivity contribution in [3.8, 4) is 0 Å². The largest absolute Gasteiger partial charge is 0.332 e. The number of halogens is 1. The van der Waals surface area contributed by atoms with E-state index in [-0.39, 0.29) is 11.5 Å². The summed E-state index contributed by atoms with van der Waals surface area (Å²) >= 11 is 3.47. The van der Waals surface area contributed by atoms with Crippen molar-refractivity contribution in [2.24, 2.45) is 14.1 Å². The second-order valence-electron chi connectivity index (χ2n) is 6.09. The summed E-state index contributed by atoms with van der Waals surface area (Å²) in [5.41, 5.74) is 0.935. The second-order valence-corrected chi connectivity index (χ2v) is 6.88. The van der Waals surface area contributed by atoms with E-state index in [1.807, 2.05) is 13.8 Å². The lowest BCUT2D eigenvalue weighted by Gasteiger charge is -2.09. The number of nitrogens with one attached hydrogen (secondary N) is 1. The van der Waals surface area contributed by atoms with Crippen LogP contribution in [0.2, 0.25) is 0 Å². The molecule has 3 aromatic heterocycles. The molecular weight excluding hydrogens is 418 g/mol. The van der Waals surface area contributed by atoms with Gasteiger partial charge in [0.2, 0.25) is 0 Å². The van der Waals surface area contributed by atoms with Crippen molar-refractivity contribution < 1.29 is 4.79 Å². The summed E-state index contributed by atoms with van der Waals surface area (Å²) in [5, 5.41) is 11.2. The van der Waals surface area contributed by atoms with Crippen LogP contribution in [-0.2, 0) is 20.8 Å². The van der Waals surface area contributed by atoms with E-state index in [1.165, 1.54) is 24.7 Å². The van der Waals surface area contributed by atoms with Crippen LogP contribution in [0.1, 0.15) is 21.9 Å². The van der Waals surface area contributed by atoms with Gasteiger partial charge in [0.25, 0.3) is 11.5 Å². The zero-order valence-corrected chi connectivity index (χ0v) is 16.8. The Hall–Kier alpha value is -2.95. The number of aromatic nitrogens is 6. The second kappa shape index (κ2) is 6.99. The highest BCUT2D eigenvalue weighted by Crippen LogP contribution is 2.19. The summed E-state index contributed by atoms with van der Waals surface area (Å²) in [6.07, 6.45) is 1.66. The van der Waals surface area contributed by atoms with Crippen molar-refractivity contribution in [1.29, 1.82) is 0 Å². The molecule has 27 heavy (non-hydrogen) atoms. The summed E-state index contributed by atoms with van der Waals surface area (Å²) in [5.74, 6) is -0.420. The van der Waals surface area contributed by atoms with Gasteiger partial charge in [0.05, 0.1) is 15.9 Å². The van der Waals surface area contributed by atoms with Crippen LogP contribution in [0.3, 0.4) is 0 Å². The SMILES string of the molecule is Cc1nn(Cn2ccc(C(=O)Nc3cc(=O)n(C)c(=O)n3C)n2)c(C)c1Br. The van der Waals surface area contributed by atoms with Crippen LogP contribution < -0.4 is 16.6 Å². The third kappa shape index (κ3) is 3.50. The molecule has 0 saturated carbocycles. The number of anilines is 1. The molecule has 3 rings (SSSR count). The van der Waals surface area contributed by atoms with E-state index in [1.54, 1.807) is 21.6 Å². The molecular formula is C16H18BrN7O3. The lowest BCUT2D eigenvalue weighted by Crippen LogP contribution is -2.38. The van der Waals surface area contributed by atoms with Crippen LogP contribution in [0.15, 0.2) is 32.4 Å². The Kier molecular flexibility index (Phi) is 4.87. The molecule has 0 atom stereocenters. The Labute approximate surface area is 162 Å². The molecule has 1 N–H and O–H groups in total. The van der Waals surface area contributed by atoms with Gasteiger partial charge in [0, 0.05) is 26.4 Å². The molecule has 0 aliphatic rings. The van der Waals surface area contributed by atoms with Crippen molar-refractivity contribution in [3.63, 3.8) is 0 Å². The maximum atomic E-state index is 12.4. The van der Waals surface area contributed by atoms with Crippen LogP contribution in [0.5, 0.6) is 0 Å². The van der Waals surface area contributed by atoms with Crippen molar-refractivity contribution in [2.75, 3.05) is 5.32 Å². The lowest BCUT2D eigenvalue weighted by atomic mass is 10.4. The number of rotatable bonds is 4. The highest BCUT2D eigenvalue weighted by molar-refractivity contribution is 9.10. The summed E-state index contributed by atoms with van der Waals surface area (Å²) < 4.78 is 6.41. The monoisotopic (exact) mass is 435 g/mol. The van der Waals surface area contributed by atoms with E-state index < -0.39 is 17.2 Å². The molecule has 0 bridgehead atoms. The fraction of sp³-hybridized carbons (Fsp3) is 0.312. The van der Waals surface area contributed by atoms with Gasteiger partial charge in [-0.15, -0.1) is 0 Å². The summed E-state index contributed by atoms with van der Waals surface area (Å²) in [7, 11) is 2.84. The van der Waals surface area contributed by atoms with Crippen LogP contribution in [0.4, 0.5) is 5.82 Å². The average Bonchev–Trinajstić information content (AvgIpc) is 3.19. The number of amides is 1. The summed E-state index contributed by atoms with van der Waals surface area (Å²) in [4.78, 5) is 36.1. The minimum atomic E-state index is -0.529. The zero-order chi connectivity index (χ0) is 19.9. The molecule has 0 aliphatic carbocycles. The number of nitrogens with zero attached hydrogens (tertiary/aromatic N) is 6. The van der Waals surface area contributed by atoms with Crippen LogP contribution in [0, 0.1) is 13.8 Å². The van der Waals surface area contributed by atoms with Crippen molar-refractivity contribution >= 4 is 27.7 Å². The highest BCUT2D eigenvalue weighted by Gasteiger charge is 2.15. The average molecular weight is 436 g/mol. The van der Waals surface area contributed by atoms with Gasteiger partial charge in [0.15, 0.2) is 5.69 Å². The quantitative estimate of drug-likeness (QED) is 0.645. The Morgan fingerprint density at radius 1 is 1.19 bits per heavy atom. The smallest absolute Gasteiger partial charge is 0.306 e. The van der Waals surface area contributed by atoms with Gasteiger partial charge < -0.3 is 5.32 Å². The molecule has 0 radical (unpaired) electrons.